The summed E-state index contributed by atoms with van der Waals surface area (Å²) in [6, 6.07) is 7.57. The molecule has 0 unspecified atom stereocenters. The highest BCUT2D eigenvalue weighted by Crippen LogP contribution is 2.40. The van der Waals surface area contributed by atoms with E-state index >= 15 is 0 Å². The van der Waals surface area contributed by atoms with Crippen molar-refractivity contribution in [3.05, 3.63) is 33.9 Å². The average Bonchev–Trinajstić information content (AvgIpc) is 2.45. The van der Waals surface area contributed by atoms with E-state index in [1.165, 1.54) is 11.3 Å². The summed E-state index contributed by atoms with van der Waals surface area (Å²) in [6.45, 7) is 0. The van der Waals surface area contributed by atoms with Gasteiger partial charge in [-0.2, -0.15) is 0 Å². The van der Waals surface area contributed by atoms with Crippen LogP contribution in [0.15, 0.2) is 28.7 Å². The highest BCUT2D eigenvalue weighted by Gasteiger charge is 2.08. The molecular formula is C8H5BrNO2S-. The second-order valence-corrected chi connectivity index (χ2v) is 4.31. The van der Waals surface area contributed by atoms with E-state index in [9.17, 15) is 5.21 Å². The molecule has 1 aromatic heterocycles. The number of thiophene rings is 1. The minimum atomic E-state index is -0.116. The van der Waals surface area contributed by atoms with Gasteiger partial charge >= 0.3 is 0 Å². The molecule has 0 bridgehead atoms. The van der Waals surface area contributed by atoms with Crippen LogP contribution in [0.25, 0.3) is 10.1 Å². The third kappa shape index (κ3) is 1.44. The van der Waals surface area contributed by atoms with Crippen molar-refractivity contribution in [1.82, 2.24) is 0 Å². The Balaban J connectivity index is 2.74. The van der Waals surface area contributed by atoms with Gasteiger partial charge in [0.15, 0.2) is 0 Å². The van der Waals surface area contributed by atoms with Crippen molar-refractivity contribution in [1.29, 1.82) is 0 Å². The SMILES string of the molecule is [O-]N(O)c1sc2ccccc2c1Br. The van der Waals surface area contributed by atoms with Gasteiger partial charge in [-0.25, -0.2) is 0 Å². The topological polar surface area (TPSA) is 46.5 Å². The molecule has 0 aliphatic rings. The van der Waals surface area contributed by atoms with Gasteiger partial charge in [-0.15, -0.1) is 11.3 Å². The lowest BCUT2D eigenvalue weighted by molar-refractivity contribution is 0.298. The maximum atomic E-state index is 10.7. The molecule has 0 saturated carbocycles. The molecule has 0 atom stereocenters. The van der Waals surface area contributed by atoms with Crippen LogP contribution in [-0.2, 0) is 0 Å². The van der Waals surface area contributed by atoms with Crippen molar-refractivity contribution in [3.63, 3.8) is 0 Å². The van der Waals surface area contributed by atoms with Gasteiger partial charge in [-0.3, -0.25) is 5.21 Å². The molecule has 3 nitrogen and oxygen atoms in total. The quantitative estimate of drug-likeness (QED) is 0.799. The molecule has 1 heterocycles. The lowest BCUT2D eigenvalue weighted by Crippen LogP contribution is -2.04. The fourth-order valence-corrected chi connectivity index (χ4v) is 2.91. The highest BCUT2D eigenvalue weighted by molar-refractivity contribution is 9.10. The number of anilines is 1. The van der Waals surface area contributed by atoms with Crippen molar-refractivity contribution in [2.75, 3.05) is 5.23 Å². The number of nitrogens with zero attached hydrogens (tertiary/aromatic N) is 1. The monoisotopic (exact) mass is 258 g/mol. The molecule has 0 amide bonds. The Morgan fingerprint density at radius 2 is 2.08 bits per heavy atom. The van der Waals surface area contributed by atoms with Gasteiger partial charge in [-0.05, 0) is 22.0 Å². The predicted octanol–water partition coefficient (Wildman–Crippen LogP) is 3.36. The number of fused-ring (bicyclic) bond motifs is 1. The summed E-state index contributed by atoms with van der Waals surface area (Å²) in [5.41, 5.74) is 0. The summed E-state index contributed by atoms with van der Waals surface area (Å²) in [5, 5.41) is 20.6. The summed E-state index contributed by atoms with van der Waals surface area (Å²) < 4.78 is 1.62. The third-order valence-electron chi connectivity index (χ3n) is 1.69. The van der Waals surface area contributed by atoms with Crippen molar-refractivity contribution in [2.45, 2.75) is 0 Å². The Kier molecular flexibility index (Phi) is 2.25. The molecule has 0 aliphatic heterocycles. The van der Waals surface area contributed by atoms with Gasteiger partial charge in [0.05, 0.1) is 4.47 Å². The Hall–Kier alpha value is -0.620. The Morgan fingerprint density at radius 3 is 2.69 bits per heavy atom. The van der Waals surface area contributed by atoms with Crippen LogP contribution in [0.2, 0.25) is 0 Å². The minimum Gasteiger partial charge on any atom is -0.733 e. The number of hydrogen-bond donors (Lipinski definition) is 1. The molecule has 1 aromatic carbocycles. The van der Waals surface area contributed by atoms with Gasteiger partial charge in [0.2, 0.25) is 0 Å². The van der Waals surface area contributed by atoms with Crippen LogP contribution in [0.4, 0.5) is 5.00 Å². The van der Waals surface area contributed by atoms with E-state index in [2.05, 4.69) is 15.9 Å². The van der Waals surface area contributed by atoms with Crippen LogP contribution in [0.1, 0.15) is 0 Å². The Labute approximate surface area is 86.9 Å². The molecule has 0 spiro atoms. The third-order valence-corrected chi connectivity index (χ3v) is 3.89. The molecule has 0 fully saturated rings. The first-order valence-corrected chi connectivity index (χ1v) is 5.14. The molecule has 2 aromatic rings. The lowest BCUT2D eigenvalue weighted by atomic mass is 10.3. The largest absolute Gasteiger partial charge is 0.733 e. The van der Waals surface area contributed by atoms with Crippen LogP contribution >= 0.6 is 27.3 Å². The molecule has 0 aliphatic carbocycles. The van der Waals surface area contributed by atoms with Crippen LogP contribution in [-0.4, -0.2) is 5.21 Å². The second-order valence-electron chi connectivity index (χ2n) is 2.49. The summed E-state index contributed by atoms with van der Waals surface area (Å²) in [5.74, 6) is 0. The number of rotatable bonds is 1. The molecule has 0 saturated heterocycles. The van der Waals surface area contributed by atoms with Gasteiger partial charge < -0.3 is 10.4 Å². The molecule has 2 rings (SSSR count). The van der Waals surface area contributed by atoms with E-state index in [0.29, 0.717) is 4.47 Å². The van der Waals surface area contributed by atoms with Gasteiger partial charge in [0.25, 0.3) is 0 Å². The fraction of sp³-hybridized carbons (Fsp3) is 0. The lowest BCUT2D eigenvalue weighted by Gasteiger charge is -2.19. The van der Waals surface area contributed by atoms with Gasteiger partial charge in [0.1, 0.15) is 5.00 Å². The number of hydrogen-bond acceptors (Lipinski definition) is 4. The first-order valence-electron chi connectivity index (χ1n) is 3.53. The molecule has 0 radical (unpaired) electrons. The van der Waals surface area contributed by atoms with E-state index in [1.54, 1.807) is 0 Å². The molecule has 13 heavy (non-hydrogen) atoms. The maximum absolute atomic E-state index is 10.7. The Bertz CT molecular complexity index is 441. The van der Waals surface area contributed by atoms with Gasteiger partial charge in [0, 0.05) is 10.1 Å². The zero-order valence-corrected chi connectivity index (χ0v) is 8.80. The normalized spacial score (nSPS) is 10.7. The summed E-state index contributed by atoms with van der Waals surface area (Å²) in [7, 11) is 0. The van der Waals surface area contributed by atoms with Crippen molar-refractivity contribution in [3.8, 4) is 0 Å². The second kappa shape index (κ2) is 3.26. The van der Waals surface area contributed by atoms with Crippen LogP contribution < -0.4 is 5.23 Å². The van der Waals surface area contributed by atoms with E-state index in [1.807, 2.05) is 24.3 Å². The zero-order valence-electron chi connectivity index (χ0n) is 6.40. The fourth-order valence-electron chi connectivity index (χ4n) is 1.12. The van der Waals surface area contributed by atoms with Crippen molar-refractivity contribution in [2.24, 2.45) is 0 Å². The predicted molar refractivity (Wildman–Crippen MR) is 57.2 cm³/mol. The molecule has 1 N–H and O–H groups in total. The van der Waals surface area contributed by atoms with Crippen molar-refractivity contribution >= 4 is 42.4 Å². The average molecular weight is 259 g/mol. The van der Waals surface area contributed by atoms with E-state index < -0.39 is 0 Å². The number of benzene rings is 1. The van der Waals surface area contributed by atoms with E-state index in [0.717, 1.165) is 10.1 Å². The summed E-state index contributed by atoms with van der Waals surface area (Å²) in [6.07, 6.45) is 0. The first-order chi connectivity index (χ1) is 6.20. The van der Waals surface area contributed by atoms with Crippen LogP contribution in [0.5, 0.6) is 0 Å². The van der Waals surface area contributed by atoms with Crippen LogP contribution in [0, 0.1) is 5.21 Å². The summed E-state index contributed by atoms with van der Waals surface area (Å²) >= 11 is 4.51. The van der Waals surface area contributed by atoms with Gasteiger partial charge in [-0.1, -0.05) is 18.2 Å². The molecule has 5 heteroatoms. The smallest absolute Gasteiger partial charge is 0.120 e. The van der Waals surface area contributed by atoms with Crippen LogP contribution in [0.3, 0.4) is 0 Å². The highest BCUT2D eigenvalue weighted by atomic mass is 79.9. The standard InChI is InChI=1S/C8H5BrNO2S/c9-7-5-3-1-2-4-6(5)13-8(7)10(11)12/h1-4,11H/q-1. The number of halogens is 1. The Morgan fingerprint density at radius 1 is 1.38 bits per heavy atom. The maximum Gasteiger partial charge on any atom is 0.120 e. The molecular weight excluding hydrogens is 254 g/mol. The first kappa shape index (κ1) is 8.96. The summed E-state index contributed by atoms with van der Waals surface area (Å²) in [4.78, 5) is 0. The zero-order chi connectivity index (χ0) is 9.42. The molecule has 68 valence electrons. The van der Waals surface area contributed by atoms with Crippen molar-refractivity contribution < 1.29 is 5.21 Å². The minimum absolute atomic E-state index is 0.116. The van der Waals surface area contributed by atoms with E-state index in [-0.39, 0.29) is 10.2 Å². The van der Waals surface area contributed by atoms with E-state index in [4.69, 9.17) is 5.21 Å².